The second-order valence-electron chi connectivity index (χ2n) is 11.4. The van der Waals surface area contributed by atoms with E-state index in [1.54, 1.807) is 25.5 Å². The van der Waals surface area contributed by atoms with E-state index in [1.165, 1.54) is 5.56 Å². The summed E-state index contributed by atoms with van der Waals surface area (Å²) in [6.45, 7) is 10.9. The van der Waals surface area contributed by atoms with Crippen LogP contribution < -0.4 is 0 Å². The van der Waals surface area contributed by atoms with Crippen LogP contribution in [-0.2, 0) is 10.4 Å². The quantitative estimate of drug-likeness (QED) is 0.525. The molecule has 38 heavy (non-hydrogen) atoms. The van der Waals surface area contributed by atoms with E-state index >= 15 is 0 Å². The standard InChI is InChI=1S/C31H37N5O2/c1-21(2)23-6-8-26(9-7-23)31(38,30(4)19-35(5)20-30)27-16-25(17-32-18-27)29-33-13-10-28(34-29)24-11-14-36(15-12-24)22(3)37/h6-11,13,16-18,21,38H,12,14-15,19-20H2,1-5H3. The van der Waals surface area contributed by atoms with E-state index in [2.05, 4.69) is 73.0 Å². The van der Waals surface area contributed by atoms with Crippen LogP contribution in [0.4, 0.5) is 0 Å². The molecule has 7 heteroatoms. The zero-order chi connectivity index (χ0) is 27.1. The van der Waals surface area contributed by atoms with Crippen LogP contribution >= 0.6 is 0 Å². The topological polar surface area (TPSA) is 82.5 Å². The van der Waals surface area contributed by atoms with Gasteiger partial charge in [0.05, 0.1) is 5.69 Å². The van der Waals surface area contributed by atoms with E-state index in [-0.39, 0.29) is 11.3 Å². The molecule has 198 valence electrons. The number of aromatic nitrogens is 3. The highest BCUT2D eigenvalue weighted by Gasteiger charge is 2.55. The fourth-order valence-corrected chi connectivity index (χ4v) is 5.97. The average Bonchev–Trinajstić information content (AvgIpc) is 2.92. The van der Waals surface area contributed by atoms with Crippen molar-refractivity contribution in [3.63, 3.8) is 0 Å². The van der Waals surface area contributed by atoms with Crippen molar-refractivity contribution in [2.75, 3.05) is 33.2 Å². The molecule has 1 fully saturated rings. The summed E-state index contributed by atoms with van der Waals surface area (Å²) in [7, 11) is 2.08. The van der Waals surface area contributed by atoms with Crippen LogP contribution in [0.25, 0.3) is 17.0 Å². The van der Waals surface area contributed by atoms with Gasteiger partial charge >= 0.3 is 0 Å². The minimum atomic E-state index is -1.22. The van der Waals surface area contributed by atoms with Gasteiger partial charge in [-0.1, -0.05) is 51.1 Å². The predicted molar refractivity (Wildman–Crippen MR) is 149 cm³/mol. The number of nitrogens with zero attached hydrogens (tertiary/aromatic N) is 5. The maximum Gasteiger partial charge on any atom is 0.219 e. The highest BCUT2D eigenvalue weighted by Crippen LogP contribution is 2.50. The molecule has 2 aromatic heterocycles. The summed E-state index contributed by atoms with van der Waals surface area (Å²) in [5, 5.41) is 12.5. The number of amides is 1. The molecular weight excluding hydrogens is 474 g/mol. The Morgan fingerprint density at radius 2 is 1.84 bits per heavy atom. The second kappa shape index (κ2) is 10.0. The van der Waals surface area contributed by atoms with Gasteiger partial charge in [-0.25, -0.2) is 9.97 Å². The smallest absolute Gasteiger partial charge is 0.219 e. The van der Waals surface area contributed by atoms with Gasteiger partial charge in [-0.3, -0.25) is 9.78 Å². The first kappa shape index (κ1) is 26.2. The molecule has 1 N–H and O–H groups in total. The van der Waals surface area contributed by atoms with Crippen LogP contribution in [0.15, 0.2) is 61.1 Å². The van der Waals surface area contributed by atoms with Gasteiger partial charge in [-0.2, -0.15) is 0 Å². The molecule has 3 aromatic rings. The number of pyridine rings is 1. The Kier molecular flexibility index (Phi) is 6.92. The maximum atomic E-state index is 12.5. The second-order valence-corrected chi connectivity index (χ2v) is 11.4. The van der Waals surface area contributed by atoms with E-state index in [0.29, 0.717) is 24.8 Å². The van der Waals surface area contributed by atoms with Crippen molar-refractivity contribution in [2.45, 2.75) is 45.6 Å². The van der Waals surface area contributed by atoms with Crippen molar-refractivity contribution >= 4 is 11.5 Å². The highest BCUT2D eigenvalue weighted by atomic mass is 16.3. The number of aliphatic hydroxyl groups is 1. The summed E-state index contributed by atoms with van der Waals surface area (Å²) >= 11 is 0. The molecule has 5 rings (SSSR count). The Bertz CT molecular complexity index is 1360. The van der Waals surface area contributed by atoms with Crippen LogP contribution in [0, 0.1) is 5.41 Å². The lowest BCUT2D eigenvalue weighted by molar-refractivity contribution is -0.128. The summed E-state index contributed by atoms with van der Waals surface area (Å²) in [5.74, 6) is 1.08. The highest BCUT2D eigenvalue weighted by molar-refractivity contribution is 5.75. The molecule has 1 aromatic carbocycles. The molecule has 0 saturated carbocycles. The molecule has 1 unspecified atom stereocenters. The molecule has 1 amide bonds. The number of carbonyl (C=O) groups is 1. The van der Waals surface area contributed by atoms with Crippen molar-refractivity contribution in [3.05, 3.63) is 83.4 Å². The third kappa shape index (κ3) is 4.65. The fraction of sp³-hybridized carbons (Fsp3) is 0.419. The zero-order valence-electron chi connectivity index (χ0n) is 23.0. The van der Waals surface area contributed by atoms with Crippen LogP contribution in [0.2, 0.25) is 0 Å². The molecule has 1 atom stereocenters. The van der Waals surface area contributed by atoms with Crippen molar-refractivity contribution in [3.8, 4) is 11.4 Å². The molecule has 4 heterocycles. The molecule has 1 saturated heterocycles. The first-order valence-electron chi connectivity index (χ1n) is 13.4. The number of likely N-dealkylation sites (tertiary alicyclic amines) is 1. The van der Waals surface area contributed by atoms with Crippen LogP contribution in [0.5, 0.6) is 0 Å². The summed E-state index contributed by atoms with van der Waals surface area (Å²) < 4.78 is 0. The van der Waals surface area contributed by atoms with Gasteiger partial charge in [0, 0.05) is 68.2 Å². The van der Waals surface area contributed by atoms with Gasteiger partial charge in [0.25, 0.3) is 0 Å². The van der Waals surface area contributed by atoms with Gasteiger partial charge in [0.1, 0.15) is 5.60 Å². The van der Waals surface area contributed by atoms with Gasteiger partial charge in [-0.05, 0) is 48.2 Å². The van der Waals surface area contributed by atoms with E-state index in [0.717, 1.165) is 47.5 Å². The minimum Gasteiger partial charge on any atom is -0.380 e. The molecular formula is C31H37N5O2. The molecule has 0 bridgehead atoms. The molecule has 0 radical (unpaired) electrons. The number of hydrogen-bond donors (Lipinski definition) is 1. The minimum absolute atomic E-state index is 0.0873. The Morgan fingerprint density at radius 3 is 2.45 bits per heavy atom. The normalized spacial score (nSPS) is 19.0. The Labute approximate surface area is 225 Å². The summed E-state index contributed by atoms with van der Waals surface area (Å²) in [6.07, 6.45) is 8.12. The van der Waals surface area contributed by atoms with Crippen molar-refractivity contribution in [1.29, 1.82) is 0 Å². The van der Waals surface area contributed by atoms with Crippen molar-refractivity contribution in [2.24, 2.45) is 5.41 Å². The van der Waals surface area contributed by atoms with E-state index < -0.39 is 5.60 Å². The fourth-order valence-electron chi connectivity index (χ4n) is 5.97. The monoisotopic (exact) mass is 511 g/mol. The predicted octanol–water partition coefficient (Wildman–Crippen LogP) is 4.49. The van der Waals surface area contributed by atoms with Crippen LogP contribution in [0.3, 0.4) is 0 Å². The Morgan fingerprint density at radius 1 is 1.11 bits per heavy atom. The lowest BCUT2D eigenvalue weighted by Crippen LogP contribution is -2.63. The first-order chi connectivity index (χ1) is 18.1. The largest absolute Gasteiger partial charge is 0.380 e. The van der Waals surface area contributed by atoms with Crippen molar-refractivity contribution in [1.82, 2.24) is 24.8 Å². The number of hydrogen-bond acceptors (Lipinski definition) is 6. The number of carbonyl (C=O) groups excluding carboxylic acids is 1. The molecule has 2 aliphatic heterocycles. The van der Waals surface area contributed by atoms with Gasteiger partial charge < -0.3 is 14.9 Å². The number of rotatable bonds is 6. The van der Waals surface area contributed by atoms with Crippen LogP contribution in [0.1, 0.15) is 62.4 Å². The lowest BCUT2D eigenvalue weighted by Gasteiger charge is -2.55. The third-order valence-corrected chi connectivity index (χ3v) is 8.16. The summed E-state index contributed by atoms with van der Waals surface area (Å²) in [4.78, 5) is 29.7. The molecule has 2 aliphatic rings. The van der Waals surface area contributed by atoms with Crippen LogP contribution in [-0.4, -0.2) is 69.0 Å². The van der Waals surface area contributed by atoms with E-state index in [1.807, 2.05) is 17.0 Å². The van der Waals surface area contributed by atoms with E-state index in [9.17, 15) is 9.90 Å². The zero-order valence-corrected chi connectivity index (χ0v) is 23.0. The molecule has 7 nitrogen and oxygen atoms in total. The molecule has 0 spiro atoms. The molecule has 0 aliphatic carbocycles. The Balaban J connectivity index is 1.52. The Hall–Kier alpha value is -3.42. The van der Waals surface area contributed by atoms with E-state index in [4.69, 9.17) is 4.98 Å². The maximum absolute atomic E-state index is 12.5. The lowest BCUT2D eigenvalue weighted by atomic mass is 9.62. The van der Waals surface area contributed by atoms with Gasteiger partial charge in [0.2, 0.25) is 5.91 Å². The third-order valence-electron chi connectivity index (χ3n) is 8.16. The number of benzene rings is 1. The van der Waals surface area contributed by atoms with Gasteiger partial charge in [0.15, 0.2) is 5.82 Å². The SMILES string of the molecule is CC(=O)N1CC=C(c2ccnc(-c3cncc(C(O)(c4ccc(C(C)C)cc4)C4(C)CN(C)C4)c3)n2)CC1. The first-order valence-corrected chi connectivity index (χ1v) is 13.4. The van der Waals surface area contributed by atoms with Crippen molar-refractivity contribution < 1.29 is 9.90 Å². The average molecular weight is 512 g/mol. The summed E-state index contributed by atoms with van der Waals surface area (Å²) in [5.41, 5.74) is 3.99. The van der Waals surface area contributed by atoms with Gasteiger partial charge in [-0.15, -0.1) is 0 Å². The summed E-state index contributed by atoms with van der Waals surface area (Å²) in [6, 6.07) is 12.2.